The Labute approximate surface area is 125 Å². The molecule has 2 heteroatoms. The smallest absolute Gasteiger partial charge is 0.166 e. The minimum Gasteiger partial charge on any atom is -0.491 e. The molecule has 0 aromatic heterocycles. The van der Waals surface area contributed by atoms with Gasteiger partial charge >= 0.3 is 0 Å². The molecule has 0 radical (unpaired) electrons. The van der Waals surface area contributed by atoms with Gasteiger partial charge in [0.1, 0.15) is 5.75 Å². The second kappa shape index (κ2) is 5.72. The third-order valence-electron chi connectivity index (χ3n) is 3.87. The molecule has 0 amide bonds. The number of benzene rings is 2. The van der Waals surface area contributed by atoms with Gasteiger partial charge in [0.25, 0.3) is 0 Å². The molecule has 2 aromatic rings. The zero-order valence-corrected chi connectivity index (χ0v) is 12.5. The topological polar surface area (TPSA) is 26.3 Å². The summed E-state index contributed by atoms with van der Waals surface area (Å²) in [6.07, 6.45) is 1.12. The second-order valence-corrected chi connectivity index (χ2v) is 5.91. The Hall–Kier alpha value is -2.09. The molecule has 0 N–H and O–H groups in total. The predicted molar refractivity (Wildman–Crippen MR) is 83.8 cm³/mol. The van der Waals surface area contributed by atoms with Crippen LogP contribution in [-0.2, 0) is 0 Å². The van der Waals surface area contributed by atoms with Crippen molar-refractivity contribution in [3.05, 3.63) is 65.7 Å². The fourth-order valence-electron chi connectivity index (χ4n) is 2.74. The van der Waals surface area contributed by atoms with Gasteiger partial charge in [0.2, 0.25) is 0 Å². The standard InChI is InChI=1S/C19H20O2/c1-13(2)21-16-10-8-15(9-11-16)19(20)18-12-17(18)14-6-4-3-5-7-14/h3-11,13,17-18H,12H2,1-2H3. The van der Waals surface area contributed by atoms with Crippen LogP contribution in [-0.4, -0.2) is 11.9 Å². The van der Waals surface area contributed by atoms with Crippen molar-refractivity contribution >= 4 is 5.78 Å². The van der Waals surface area contributed by atoms with Crippen molar-refractivity contribution in [2.75, 3.05) is 0 Å². The molecule has 1 aliphatic rings. The van der Waals surface area contributed by atoms with E-state index in [1.165, 1.54) is 5.56 Å². The van der Waals surface area contributed by atoms with Gasteiger partial charge in [0.15, 0.2) is 5.78 Å². The summed E-state index contributed by atoms with van der Waals surface area (Å²) < 4.78 is 5.60. The lowest BCUT2D eigenvalue weighted by Gasteiger charge is -2.09. The van der Waals surface area contributed by atoms with Crippen molar-refractivity contribution in [3.8, 4) is 5.75 Å². The predicted octanol–water partition coefficient (Wildman–Crippen LogP) is 4.46. The van der Waals surface area contributed by atoms with E-state index in [4.69, 9.17) is 4.74 Å². The largest absolute Gasteiger partial charge is 0.491 e. The lowest BCUT2D eigenvalue weighted by Crippen LogP contribution is -2.06. The third-order valence-corrected chi connectivity index (χ3v) is 3.87. The van der Waals surface area contributed by atoms with E-state index in [2.05, 4.69) is 12.1 Å². The number of carbonyl (C=O) groups excluding carboxylic acids is 1. The fourth-order valence-corrected chi connectivity index (χ4v) is 2.74. The van der Waals surface area contributed by atoms with E-state index < -0.39 is 0 Å². The number of ketones is 1. The number of rotatable bonds is 5. The molecular formula is C19H20O2. The average molecular weight is 280 g/mol. The lowest BCUT2D eigenvalue weighted by molar-refractivity contribution is 0.0965. The zero-order valence-electron chi connectivity index (χ0n) is 12.5. The summed E-state index contributed by atoms with van der Waals surface area (Å²) in [5.41, 5.74) is 2.06. The van der Waals surface area contributed by atoms with Gasteiger partial charge in [-0.1, -0.05) is 30.3 Å². The van der Waals surface area contributed by atoms with Crippen LogP contribution in [0.25, 0.3) is 0 Å². The fraction of sp³-hybridized carbons (Fsp3) is 0.316. The maximum atomic E-state index is 12.5. The number of ether oxygens (including phenoxy) is 1. The molecule has 2 aromatic carbocycles. The Morgan fingerprint density at radius 1 is 1.05 bits per heavy atom. The summed E-state index contributed by atoms with van der Waals surface area (Å²) in [5.74, 6) is 1.60. The summed E-state index contributed by atoms with van der Waals surface area (Å²) >= 11 is 0. The maximum Gasteiger partial charge on any atom is 0.166 e. The molecular weight excluding hydrogens is 260 g/mol. The van der Waals surface area contributed by atoms with E-state index in [-0.39, 0.29) is 17.8 Å². The van der Waals surface area contributed by atoms with E-state index in [0.717, 1.165) is 17.7 Å². The van der Waals surface area contributed by atoms with Crippen LogP contribution in [0.2, 0.25) is 0 Å². The molecule has 2 nitrogen and oxygen atoms in total. The second-order valence-electron chi connectivity index (χ2n) is 5.91. The molecule has 108 valence electrons. The van der Waals surface area contributed by atoms with Crippen LogP contribution < -0.4 is 4.74 Å². The monoisotopic (exact) mass is 280 g/mol. The van der Waals surface area contributed by atoms with Gasteiger partial charge < -0.3 is 4.74 Å². The van der Waals surface area contributed by atoms with Crippen molar-refractivity contribution in [2.45, 2.75) is 32.3 Å². The Morgan fingerprint density at radius 3 is 2.33 bits per heavy atom. The Morgan fingerprint density at radius 2 is 1.71 bits per heavy atom. The summed E-state index contributed by atoms with van der Waals surface area (Å²) in [6.45, 7) is 3.99. The van der Waals surface area contributed by atoms with Gasteiger partial charge in [-0.2, -0.15) is 0 Å². The Bertz CT molecular complexity index is 614. The molecule has 1 saturated carbocycles. The molecule has 3 rings (SSSR count). The zero-order chi connectivity index (χ0) is 14.8. The Balaban J connectivity index is 1.67. The molecule has 21 heavy (non-hydrogen) atoms. The van der Waals surface area contributed by atoms with Crippen LogP contribution in [0.3, 0.4) is 0 Å². The van der Waals surface area contributed by atoms with Gasteiger partial charge in [0, 0.05) is 11.5 Å². The van der Waals surface area contributed by atoms with Crippen molar-refractivity contribution in [2.24, 2.45) is 5.92 Å². The van der Waals surface area contributed by atoms with Gasteiger partial charge in [-0.05, 0) is 56.0 Å². The first-order valence-corrected chi connectivity index (χ1v) is 7.51. The summed E-state index contributed by atoms with van der Waals surface area (Å²) in [5, 5.41) is 0. The average Bonchev–Trinajstić information content (AvgIpc) is 3.28. The molecule has 1 aliphatic carbocycles. The van der Waals surface area contributed by atoms with Crippen LogP contribution in [0.5, 0.6) is 5.75 Å². The van der Waals surface area contributed by atoms with Crippen LogP contribution in [0.1, 0.15) is 42.1 Å². The highest BCUT2D eigenvalue weighted by atomic mass is 16.5. The SMILES string of the molecule is CC(C)Oc1ccc(C(=O)C2CC2c2ccccc2)cc1. The van der Waals surface area contributed by atoms with E-state index in [1.807, 2.05) is 56.3 Å². The molecule has 0 bridgehead atoms. The highest BCUT2D eigenvalue weighted by Crippen LogP contribution is 2.49. The van der Waals surface area contributed by atoms with E-state index in [1.54, 1.807) is 0 Å². The van der Waals surface area contributed by atoms with E-state index >= 15 is 0 Å². The number of Topliss-reactive ketones (excluding diaryl/α,β-unsaturated/α-hetero) is 1. The van der Waals surface area contributed by atoms with Gasteiger partial charge in [-0.3, -0.25) is 4.79 Å². The summed E-state index contributed by atoms with van der Waals surface area (Å²) in [7, 11) is 0. The molecule has 0 saturated heterocycles. The van der Waals surface area contributed by atoms with Crippen LogP contribution >= 0.6 is 0 Å². The van der Waals surface area contributed by atoms with Crippen LogP contribution in [0, 0.1) is 5.92 Å². The minimum atomic E-state index is 0.143. The van der Waals surface area contributed by atoms with E-state index in [0.29, 0.717) is 5.92 Å². The molecule has 0 heterocycles. The highest BCUT2D eigenvalue weighted by molar-refractivity contribution is 6.00. The Kier molecular flexibility index (Phi) is 3.78. The van der Waals surface area contributed by atoms with Gasteiger partial charge in [-0.15, -0.1) is 0 Å². The molecule has 2 atom stereocenters. The van der Waals surface area contributed by atoms with Crippen molar-refractivity contribution in [1.29, 1.82) is 0 Å². The van der Waals surface area contributed by atoms with Gasteiger partial charge in [0.05, 0.1) is 6.10 Å². The van der Waals surface area contributed by atoms with Crippen LogP contribution in [0.15, 0.2) is 54.6 Å². The van der Waals surface area contributed by atoms with E-state index in [9.17, 15) is 4.79 Å². The first-order chi connectivity index (χ1) is 10.1. The summed E-state index contributed by atoms with van der Waals surface area (Å²) in [4.78, 5) is 12.5. The molecule has 0 spiro atoms. The number of hydrogen-bond donors (Lipinski definition) is 0. The number of hydrogen-bond acceptors (Lipinski definition) is 2. The highest BCUT2D eigenvalue weighted by Gasteiger charge is 2.43. The quantitative estimate of drug-likeness (QED) is 0.756. The maximum absolute atomic E-state index is 12.5. The normalized spacial score (nSPS) is 20.3. The molecule has 1 fully saturated rings. The number of carbonyl (C=O) groups is 1. The van der Waals surface area contributed by atoms with Crippen molar-refractivity contribution < 1.29 is 9.53 Å². The first-order valence-electron chi connectivity index (χ1n) is 7.51. The lowest BCUT2D eigenvalue weighted by atomic mass is 10.0. The summed E-state index contributed by atoms with van der Waals surface area (Å²) in [6, 6.07) is 17.8. The first kappa shape index (κ1) is 13.9. The minimum absolute atomic E-state index is 0.143. The third kappa shape index (κ3) is 3.15. The van der Waals surface area contributed by atoms with Crippen molar-refractivity contribution in [3.63, 3.8) is 0 Å². The van der Waals surface area contributed by atoms with Crippen LogP contribution in [0.4, 0.5) is 0 Å². The van der Waals surface area contributed by atoms with Gasteiger partial charge in [-0.25, -0.2) is 0 Å². The molecule has 2 unspecified atom stereocenters. The van der Waals surface area contributed by atoms with Crippen molar-refractivity contribution in [1.82, 2.24) is 0 Å². The molecule has 0 aliphatic heterocycles.